The number of carbonyl (C=O) groups is 2. The largest absolute Gasteiger partial charge is 0.465 e. The van der Waals surface area contributed by atoms with Crippen molar-refractivity contribution in [2.75, 3.05) is 19.8 Å². The molecule has 0 aromatic heterocycles. The van der Waals surface area contributed by atoms with Gasteiger partial charge in [-0.1, -0.05) is 39.2 Å². The van der Waals surface area contributed by atoms with E-state index in [1.165, 1.54) is 25.7 Å². The quantitative estimate of drug-likeness (QED) is 0.122. The summed E-state index contributed by atoms with van der Waals surface area (Å²) in [6, 6.07) is 0. The zero-order valence-corrected chi connectivity index (χ0v) is 24.7. The third kappa shape index (κ3) is 11.5. The maximum atomic E-state index is 15.1. The van der Waals surface area contributed by atoms with Crippen molar-refractivity contribution >= 4 is 11.9 Å². The number of aliphatic hydroxyl groups excluding tert-OH is 1. The SMILES string of the molecule is C=C(C)C(=O)OCC(COC(=O)C(C)(C)CO)CC1CCC(C(F)(F)OC2CCC(CCCCC)CC2)CC1. The Balaban J connectivity index is 1.83. The minimum absolute atomic E-state index is 0.0338. The van der Waals surface area contributed by atoms with Crippen LogP contribution < -0.4 is 0 Å². The summed E-state index contributed by atoms with van der Waals surface area (Å²) in [7, 11) is 0. The minimum atomic E-state index is -3.12. The number of alkyl halides is 2. The van der Waals surface area contributed by atoms with Crippen LogP contribution in [-0.2, 0) is 23.8 Å². The lowest BCUT2D eigenvalue weighted by atomic mass is 9.77. The second kappa shape index (κ2) is 16.0. The molecule has 0 aliphatic heterocycles. The van der Waals surface area contributed by atoms with Gasteiger partial charge in [0, 0.05) is 11.5 Å². The van der Waals surface area contributed by atoms with E-state index in [1.807, 2.05) is 0 Å². The Kier molecular flexibility index (Phi) is 13.8. The zero-order valence-electron chi connectivity index (χ0n) is 24.7. The maximum absolute atomic E-state index is 15.1. The van der Waals surface area contributed by atoms with Crippen LogP contribution in [0.25, 0.3) is 0 Å². The monoisotopic (exact) mass is 558 g/mol. The molecule has 2 saturated carbocycles. The van der Waals surface area contributed by atoms with Crippen LogP contribution in [0.4, 0.5) is 8.78 Å². The first-order valence-corrected chi connectivity index (χ1v) is 15.0. The maximum Gasteiger partial charge on any atom is 0.358 e. The second-order valence-electron chi connectivity index (χ2n) is 12.7. The Morgan fingerprint density at radius 3 is 2.10 bits per heavy atom. The van der Waals surface area contributed by atoms with Crippen LogP contribution >= 0.6 is 0 Å². The van der Waals surface area contributed by atoms with Gasteiger partial charge in [0.2, 0.25) is 0 Å². The number of rotatable bonds is 16. The van der Waals surface area contributed by atoms with Crippen molar-refractivity contribution < 1.29 is 37.7 Å². The number of ether oxygens (including phenoxy) is 3. The lowest BCUT2D eigenvalue weighted by Crippen LogP contribution is -2.39. The molecule has 2 rings (SSSR count). The molecule has 1 N–H and O–H groups in total. The van der Waals surface area contributed by atoms with Crippen molar-refractivity contribution in [2.24, 2.45) is 29.1 Å². The van der Waals surface area contributed by atoms with Crippen LogP contribution in [0.15, 0.2) is 12.2 Å². The van der Waals surface area contributed by atoms with Crippen LogP contribution in [0.1, 0.15) is 111 Å². The topological polar surface area (TPSA) is 82.1 Å². The van der Waals surface area contributed by atoms with Gasteiger partial charge in [-0.2, -0.15) is 8.78 Å². The number of unbranched alkanes of at least 4 members (excludes halogenated alkanes) is 2. The van der Waals surface area contributed by atoms with E-state index in [1.54, 1.807) is 20.8 Å². The summed E-state index contributed by atoms with van der Waals surface area (Å²) in [5.74, 6) is -1.29. The molecule has 2 aliphatic rings. The Bertz CT molecular complexity index is 767. The number of halogens is 2. The highest BCUT2D eigenvalue weighted by Crippen LogP contribution is 2.43. The average Bonchev–Trinajstić information content (AvgIpc) is 2.90. The lowest BCUT2D eigenvalue weighted by molar-refractivity contribution is -0.302. The summed E-state index contributed by atoms with van der Waals surface area (Å²) in [5.41, 5.74) is -0.753. The number of aliphatic hydroxyl groups is 1. The van der Waals surface area contributed by atoms with Crippen LogP contribution in [0.5, 0.6) is 0 Å². The molecular weight excluding hydrogens is 506 g/mol. The third-order valence-electron chi connectivity index (χ3n) is 8.52. The Labute approximate surface area is 234 Å². The van der Waals surface area contributed by atoms with E-state index in [4.69, 9.17) is 14.2 Å². The first-order valence-electron chi connectivity index (χ1n) is 15.0. The predicted molar refractivity (Wildman–Crippen MR) is 147 cm³/mol. The fraction of sp³-hybridized carbons (Fsp3) is 0.871. The minimum Gasteiger partial charge on any atom is -0.465 e. The van der Waals surface area contributed by atoms with E-state index in [9.17, 15) is 14.7 Å². The first kappa shape index (κ1) is 33.7. The summed E-state index contributed by atoms with van der Waals surface area (Å²) in [6.45, 7) is 10.3. The van der Waals surface area contributed by atoms with Crippen molar-refractivity contribution in [2.45, 2.75) is 123 Å². The van der Waals surface area contributed by atoms with Crippen molar-refractivity contribution in [1.29, 1.82) is 0 Å². The van der Waals surface area contributed by atoms with Crippen LogP contribution in [0, 0.1) is 29.1 Å². The van der Waals surface area contributed by atoms with Crippen molar-refractivity contribution in [1.82, 2.24) is 0 Å². The number of esters is 2. The van der Waals surface area contributed by atoms with Gasteiger partial charge in [-0.3, -0.25) is 4.79 Å². The van der Waals surface area contributed by atoms with Crippen molar-refractivity contribution in [3.63, 3.8) is 0 Å². The molecule has 0 radical (unpaired) electrons. The zero-order chi connectivity index (χ0) is 29.1. The average molecular weight is 559 g/mol. The molecule has 0 spiro atoms. The van der Waals surface area contributed by atoms with Gasteiger partial charge in [-0.15, -0.1) is 0 Å². The normalized spacial score (nSPS) is 25.1. The molecule has 39 heavy (non-hydrogen) atoms. The highest BCUT2D eigenvalue weighted by molar-refractivity contribution is 5.86. The van der Waals surface area contributed by atoms with Gasteiger partial charge in [-0.25, -0.2) is 4.79 Å². The summed E-state index contributed by atoms with van der Waals surface area (Å²) < 4.78 is 46.4. The van der Waals surface area contributed by atoms with Gasteiger partial charge in [-0.05, 0) is 90.4 Å². The van der Waals surface area contributed by atoms with Crippen LogP contribution in [0.3, 0.4) is 0 Å². The summed E-state index contributed by atoms with van der Waals surface area (Å²) >= 11 is 0. The predicted octanol–water partition coefficient (Wildman–Crippen LogP) is 7.23. The first-order chi connectivity index (χ1) is 18.4. The molecule has 8 heteroatoms. The Morgan fingerprint density at radius 1 is 0.949 bits per heavy atom. The molecule has 0 bridgehead atoms. The van der Waals surface area contributed by atoms with Gasteiger partial charge in [0.25, 0.3) is 0 Å². The van der Waals surface area contributed by atoms with Gasteiger partial charge >= 0.3 is 18.0 Å². The van der Waals surface area contributed by atoms with Gasteiger partial charge in [0.15, 0.2) is 0 Å². The van der Waals surface area contributed by atoms with Crippen molar-refractivity contribution in [3.05, 3.63) is 12.2 Å². The van der Waals surface area contributed by atoms with Gasteiger partial charge in [0.1, 0.15) is 0 Å². The summed E-state index contributed by atoms with van der Waals surface area (Å²) in [6.07, 6.45) is 7.38. The molecule has 2 aliphatic carbocycles. The summed E-state index contributed by atoms with van der Waals surface area (Å²) in [4.78, 5) is 24.2. The fourth-order valence-corrected chi connectivity index (χ4v) is 5.70. The smallest absolute Gasteiger partial charge is 0.358 e. The molecule has 1 unspecified atom stereocenters. The second-order valence-corrected chi connectivity index (χ2v) is 12.7. The highest BCUT2D eigenvalue weighted by Gasteiger charge is 2.45. The van der Waals surface area contributed by atoms with E-state index < -0.39 is 29.4 Å². The molecule has 0 aromatic rings. The molecular formula is C31H52F2O6. The van der Waals surface area contributed by atoms with Crippen LogP contribution in [-0.4, -0.2) is 49.1 Å². The standard InChI is InChI=1S/C31H52F2O6/c1-6-7-8-9-23-12-16-27(17-13-23)39-31(32,33)26-14-10-24(11-15-26)18-25(19-37-28(35)22(2)3)20-38-29(36)30(4,5)21-34/h23-27,34H,2,6-21H2,1,3-5H3. The van der Waals surface area contributed by atoms with Crippen LogP contribution in [0.2, 0.25) is 0 Å². The molecule has 2 fully saturated rings. The molecule has 1 atom stereocenters. The number of hydrogen-bond acceptors (Lipinski definition) is 6. The lowest BCUT2D eigenvalue weighted by Gasteiger charge is -2.37. The van der Waals surface area contributed by atoms with Gasteiger partial charge < -0.3 is 19.3 Å². The number of hydrogen-bond donors (Lipinski definition) is 1. The summed E-state index contributed by atoms with van der Waals surface area (Å²) in [5, 5.41) is 9.42. The number of carbonyl (C=O) groups excluding carboxylic acids is 2. The Morgan fingerprint density at radius 2 is 1.54 bits per heavy atom. The van der Waals surface area contributed by atoms with Crippen molar-refractivity contribution in [3.8, 4) is 0 Å². The molecule has 226 valence electrons. The molecule has 0 aromatic carbocycles. The fourth-order valence-electron chi connectivity index (χ4n) is 5.70. The molecule has 0 heterocycles. The van der Waals surface area contributed by atoms with E-state index in [-0.39, 0.29) is 43.3 Å². The molecule has 0 saturated heterocycles. The molecule has 6 nitrogen and oxygen atoms in total. The highest BCUT2D eigenvalue weighted by atomic mass is 19.3. The van der Waals surface area contributed by atoms with E-state index in [0.29, 0.717) is 38.0 Å². The Hall–Kier alpha value is -1.54. The van der Waals surface area contributed by atoms with E-state index in [0.717, 1.165) is 25.7 Å². The van der Waals surface area contributed by atoms with E-state index in [2.05, 4.69) is 13.5 Å². The van der Waals surface area contributed by atoms with Gasteiger partial charge in [0.05, 0.1) is 37.3 Å². The third-order valence-corrected chi connectivity index (χ3v) is 8.52. The molecule has 0 amide bonds. The van der Waals surface area contributed by atoms with E-state index >= 15 is 8.78 Å².